The van der Waals surface area contributed by atoms with Crippen LogP contribution in [0, 0.1) is 5.82 Å². The number of sulfone groups is 1. The van der Waals surface area contributed by atoms with Gasteiger partial charge in [-0.3, -0.25) is 9.59 Å². The molecule has 3 aromatic carbocycles. The normalized spacial score (nSPS) is 14.0. The van der Waals surface area contributed by atoms with Crippen LogP contribution in [0.4, 0.5) is 4.39 Å². The topological polar surface area (TPSA) is 141 Å². The van der Waals surface area contributed by atoms with Gasteiger partial charge in [-0.25, -0.2) is 17.6 Å². The molecule has 9 nitrogen and oxygen atoms in total. The number of aromatic hydroxyl groups is 1. The average molecular weight is 635 g/mol. The fraction of sp³-hybridized carbons (Fsp3) is 0.207. The molecule has 0 fully saturated rings. The summed E-state index contributed by atoms with van der Waals surface area (Å²) in [5, 5.41) is 22.0. The SMILES string of the molecule is CS(=O)(=O)c1cccc(CC(NC(=O)c2c(Cl)cc3c(c2Cl)CCN(C(=O)/C=C/c2cc(F)ccc2O)C3)C(=O)O)c1. The van der Waals surface area contributed by atoms with Gasteiger partial charge in [0.15, 0.2) is 9.84 Å². The number of nitrogens with one attached hydrogen (secondary N) is 1. The van der Waals surface area contributed by atoms with Crippen LogP contribution >= 0.6 is 23.2 Å². The molecule has 0 radical (unpaired) electrons. The fourth-order valence-corrected chi connectivity index (χ4v) is 6.00. The summed E-state index contributed by atoms with van der Waals surface area (Å²) in [6, 6.07) is 9.23. The Morgan fingerprint density at radius 2 is 1.88 bits per heavy atom. The second kappa shape index (κ2) is 12.5. The molecule has 1 atom stereocenters. The third-order valence-corrected chi connectivity index (χ3v) is 8.53. The van der Waals surface area contributed by atoms with Gasteiger partial charge in [-0.05, 0) is 65.6 Å². The predicted molar refractivity (Wildman–Crippen MR) is 155 cm³/mol. The smallest absolute Gasteiger partial charge is 0.326 e. The van der Waals surface area contributed by atoms with Crippen molar-refractivity contribution in [3.8, 4) is 5.75 Å². The van der Waals surface area contributed by atoms with E-state index in [1.165, 1.54) is 47.4 Å². The van der Waals surface area contributed by atoms with Crippen LogP contribution in [-0.2, 0) is 38.8 Å². The molecular weight excluding hydrogens is 610 g/mol. The largest absolute Gasteiger partial charge is 0.507 e. The van der Waals surface area contributed by atoms with Gasteiger partial charge in [-0.2, -0.15) is 0 Å². The Bertz CT molecular complexity index is 1730. The monoisotopic (exact) mass is 634 g/mol. The van der Waals surface area contributed by atoms with Crippen LogP contribution in [0.5, 0.6) is 5.75 Å². The van der Waals surface area contributed by atoms with Crippen molar-refractivity contribution in [2.75, 3.05) is 12.8 Å². The molecule has 0 spiro atoms. The number of benzene rings is 3. The molecule has 0 bridgehead atoms. The lowest BCUT2D eigenvalue weighted by atomic mass is 9.96. The van der Waals surface area contributed by atoms with Crippen molar-refractivity contribution in [2.24, 2.45) is 0 Å². The minimum absolute atomic E-state index is 0.0198. The summed E-state index contributed by atoms with van der Waals surface area (Å²) >= 11 is 13.0. The number of halogens is 3. The van der Waals surface area contributed by atoms with E-state index in [4.69, 9.17) is 23.2 Å². The molecule has 0 aliphatic carbocycles. The zero-order valence-corrected chi connectivity index (χ0v) is 24.4. The third kappa shape index (κ3) is 7.10. The van der Waals surface area contributed by atoms with Crippen molar-refractivity contribution in [2.45, 2.75) is 30.3 Å². The molecule has 3 aromatic rings. The number of phenols is 1. The van der Waals surface area contributed by atoms with Crippen LogP contribution < -0.4 is 5.32 Å². The summed E-state index contributed by atoms with van der Waals surface area (Å²) in [6.07, 6.45) is 3.63. The molecule has 2 amide bonds. The van der Waals surface area contributed by atoms with Crippen LogP contribution in [-0.4, -0.2) is 60.2 Å². The Morgan fingerprint density at radius 3 is 2.57 bits per heavy atom. The van der Waals surface area contributed by atoms with Gasteiger partial charge in [-0.1, -0.05) is 35.3 Å². The highest BCUT2D eigenvalue weighted by Gasteiger charge is 2.29. The number of rotatable bonds is 8. The standard InChI is InChI=1S/C29H25Cl2FN2O7S/c1-42(40,41)20-4-2-3-16(11-20)12-23(29(38)39)33-28(37)26-22(30)14-18-15-34(10-9-21(18)27(26)31)25(36)8-5-17-13-19(32)6-7-24(17)35/h2-8,11,13-14,23,35H,9-10,12,15H2,1H3,(H,33,37)(H,38,39)/b8-5+. The first-order valence-corrected chi connectivity index (χ1v) is 15.2. The van der Waals surface area contributed by atoms with E-state index >= 15 is 0 Å². The van der Waals surface area contributed by atoms with Crippen LogP contribution in [0.25, 0.3) is 6.08 Å². The highest BCUT2D eigenvalue weighted by Crippen LogP contribution is 2.35. The van der Waals surface area contributed by atoms with Crippen molar-refractivity contribution < 1.29 is 37.4 Å². The zero-order valence-electron chi connectivity index (χ0n) is 22.1. The summed E-state index contributed by atoms with van der Waals surface area (Å²) in [5.74, 6) is -3.31. The molecule has 1 unspecified atom stereocenters. The first-order chi connectivity index (χ1) is 19.7. The summed E-state index contributed by atoms with van der Waals surface area (Å²) in [5.41, 5.74) is 1.59. The fourth-order valence-electron chi connectivity index (χ4n) is 4.54. The average Bonchev–Trinajstić information content (AvgIpc) is 2.92. The van der Waals surface area contributed by atoms with E-state index in [0.29, 0.717) is 16.7 Å². The Hall–Kier alpha value is -3.93. The molecular formula is C29H25Cl2FN2O7S. The maximum atomic E-state index is 13.5. The quantitative estimate of drug-likeness (QED) is 0.314. The number of phenolic OH excluding ortho intramolecular Hbond substituents is 1. The van der Waals surface area contributed by atoms with E-state index < -0.39 is 39.5 Å². The number of amides is 2. The van der Waals surface area contributed by atoms with Gasteiger partial charge < -0.3 is 20.4 Å². The summed E-state index contributed by atoms with van der Waals surface area (Å²) in [7, 11) is -3.52. The lowest BCUT2D eigenvalue weighted by molar-refractivity contribution is -0.139. The molecule has 1 heterocycles. The molecule has 1 aliphatic rings. The highest BCUT2D eigenvalue weighted by atomic mass is 35.5. The van der Waals surface area contributed by atoms with Crippen molar-refractivity contribution in [1.82, 2.24) is 10.2 Å². The Kier molecular flexibility index (Phi) is 9.24. The van der Waals surface area contributed by atoms with Gasteiger partial charge in [0.1, 0.15) is 17.6 Å². The molecule has 0 saturated carbocycles. The molecule has 220 valence electrons. The van der Waals surface area contributed by atoms with Crippen LogP contribution in [0.3, 0.4) is 0 Å². The molecule has 4 rings (SSSR count). The van der Waals surface area contributed by atoms with Crippen molar-refractivity contribution in [3.63, 3.8) is 0 Å². The lowest BCUT2D eigenvalue weighted by Crippen LogP contribution is -2.42. The maximum absolute atomic E-state index is 13.5. The number of carboxylic acids is 1. The summed E-state index contributed by atoms with van der Waals surface area (Å²) < 4.78 is 37.2. The molecule has 13 heteroatoms. The van der Waals surface area contributed by atoms with E-state index in [9.17, 15) is 37.4 Å². The van der Waals surface area contributed by atoms with E-state index in [1.54, 1.807) is 6.07 Å². The first-order valence-electron chi connectivity index (χ1n) is 12.5. The van der Waals surface area contributed by atoms with Gasteiger partial charge in [0, 0.05) is 37.4 Å². The van der Waals surface area contributed by atoms with E-state index in [2.05, 4.69) is 5.32 Å². The van der Waals surface area contributed by atoms with Crippen LogP contribution in [0.15, 0.2) is 59.5 Å². The Morgan fingerprint density at radius 1 is 1.14 bits per heavy atom. The van der Waals surface area contributed by atoms with Crippen LogP contribution in [0.2, 0.25) is 10.0 Å². The van der Waals surface area contributed by atoms with Crippen molar-refractivity contribution >= 4 is 56.9 Å². The number of hydrogen-bond acceptors (Lipinski definition) is 6. The summed E-state index contributed by atoms with van der Waals surface area (Å²) in [4.78, 5) is 39.4. The number of carbonyl (C=O) groups is 3. The first kappa shape index (κ1) is 31.0. The van der Waals surface area contributed by atoms with E-state index in [0.717, 1.165) is 18.4 Å². The van der Waals surface area contributed by atoms with E-state index in [1.807, 2.05) is 0 Å². The highest BCUT2D eigenvalue weighted by molar-refractivity contribution is 7.90. The van der Waals surface area contributed by atoms with Crippen molar-refractivity contribution in [3.05, 3.63) is 98.3 Å². The molecule has 1 aliphatic heterocycles. The van der Waals surface area contributed by atoms with Gasteiger partial charge in [0.2, 0.25) is 5.91 Å². The minimum atomic E-state index is -3.52. The number of aliphatic carboxylic acids is 1. The van der Waals surface area contributed by atoms with Gasteiger partial charge >= 0.3 is 5.97 Å². The van der Waals surface area contributed by atoms with Gasteiger partial charge in [-0.15, -0.1) is 0 Å². The van der Waals surface area contributed by atoms with E-state index in [-0.39, 0.29) is 57.7 Å². The third-order valence-electron chi connectivity index (χ3n) is 6.71. The lowest BCUT2D eigenvalue weighted by Gasteiger charge is -2.29. The van der Waals surface area contributed by atoms with Gasteiger partial charge in [0.25, 0.3) is 5.91 Å². The van der Waals surface area contributed by atoms with Crippen LogP contribution in [0.1, 0.15) is 32.6 Å². The number of carbonyl (C=O) groups excluding carboxylic acids is 2. The second-order valence-electron chi connectivity index (χ2n) is 9.72. The summed E-state index contributed by atoms with van der Waals surface area (Å²) in [6.45, 7) is 0.353. The molecule has 0 saturated heterocycles. The Labute approximate surface area is 251 Å². The molecule has 3 N–H and O–H groups in total. The predicted octanol–water partition coefficient (Wildman–Crippen LogP) is 4.27. The van der Waals surface area contributed by atoms with Crippen molar-refractivity contribution in [1.29, 1.82) is 0 Å². The number of nitrogens with zero attached hydrogens (tertiary/aromatic N) is 1. The molecule has 0 aromatic heterocycles. The number of fused-ring (bicyclic) bond motifs is 1. The van der Waals surface area contributed by atoms with Gasteiger partial charge in [0.05, 0.1) is 20.5 Å². The number of hydrogen-bond donors (Lipinski definition) is 3. The zero-order chi connectivity index (χ0) is 30.8. The maximum Gasteiger partial charge on any atom is 0.326 e. The second-order valence-corrected chi connectivity index (χ2v) is 12.5. The number of carboxylic acid groups (broad SMARTS) is 1. The Balaban J connectivity index is 1.51. The minimum Gasteiger partial charge on any atom is -0.507 e. The molecule has 42 heavy (non-hydrogen) atoms.